The predicted molar refractivity (Wildman–Crippen MR) is 108 cm³/mol. The molecule has 2 heterocycles. The van der Waals surface area contributed by atoms with Crippen molar-refractivity contribution in [2.24, 2.45) is 5.92 Å². The lowest BCUT2D eigenvalue weighted by molar-refractivity contribution is -0.776. The van der Waals surface area contributed by atoms with Gasteiger partial charge in [-0.15, -0.1) is 20.2 Å². The maximum Gasteiger partial charge on any atom is 0.310 e. The minimum atomic E-state index is -1.67. The van der Waals surface area contributed by atoms with Crippen LogP contribution >= 0.6 is 11.6 Å². The van der Waals surface area contributed by atoms with Gasteiger partial charge in [-0.1, -0.05) is 23.7 Å². The summed E-state index contributed by atoms with van der Waals surface area (Å²) in [7, 11) is 0. The third kappa shape index (κ3) is 5.21. The highest BCUT2D eigenvalue weighted by Gasteiger charge is 2.35. The van der Waals surface area contributed by atoms with Crippen molar-refractivity contribution < 1.29 is 34.5 Å². The zero-order valence-corrected chi connectivity index (χ0v) is 17.5. The third-order valence-corrected chi connectivity index (χ3v) is 5.35. The lowest BCUT2D eigenvalue weighted by Gasteiger charge is -2.23. The number of aryl methyl sites for hydroxylation is 1. The van der Waals surface area contributed by atoms with E-state index in [4.69, 9.17) is 16.3 Å². The Balaban J connectivity index is 2.00. The Hall–Kier alpha value is -3.51. The van der Waals surface area contributed by atoms with Crippen molar-refractivity contribution in [1.82, 2.24) is 4.98 Å². The summed E-state index contributed by atoms with van der Waals surface area (Å²) in [6.45, 7) is 1.22. The van der Waals surface area contributed by atoms with Gasteiger partial charge in [0.2, 0.25) is 0 Å². The number of ether oxygens (including phenoxy) is 1. The summed E-state index contributed by atoms with van der Waals surface area (Å²) in [5.74, 6) is -3.20. The van der Waals surface area contributed by atoms with Crippen molar-refractivity contribution in [3.05, 3.63) is 71.9 Å². The quantitative estimate of drug-likeness (QED) is 0.405. The van der Waals surface area contributed by atoms with Crippen LogP contribution in [0.2, 0.25) is 5.02 Å². The molecule has 0 spiro atoms. The van der Waals surface area contributed by atoms with Gasteiger partial charge in [-0.3, -0.25) is 9.78 Å². The van der Waals surface area contributed by atoms with Gasteiger partial charge in [-0.2, -0.15) is 0 Å². The van der Waals surface area contributed by atoms with Gasteiger partial charge in [0, 0.05) is 28.3 Å². The van der Waals surface area contributed by atoms with Crippen molar-refractivity contribution in [2.75, 3.05) is 6.61 Å². The van der Waals surface area contributed by atoms with E-state index in [-0.39, 0.29) is 19.6 Å². The zero-order valence-electron chi connectivity index (χ0n) is 16.7. The van der Waals surface area contributed by atoms with Crippen LogP contribution in [0.1, 0.15) is 22.4 Å². The minimum Gasteiger partial charge on any atom is -0.481 e. The highest BCUT2D eigenvalue weighted by molar-refractivity contribution is 6.30. The SMILES string of the molecule is Cc1nc(-c2ccc(Cl)cc2)c2c(c1CC(O[N+](=O)[O-])C(CO[N+](=O)[O-])C(=O)O)COC2. The molecule has 0 saturated carbocycles. The molecule has 0 radical (unpaired) electrons. The molecule has 2 aromatic rings. The first kappa shape index (κ1) is 23.2. The molecule has 0 amide bonds. The van der Waals surface area contributed by atoms with E-state index >= 15 is 0 Å². The van der Waals surface area contributed by atoms with Crippen molar-refractivity contribution in [2.45, 2.75) is 32.7 Å². The number of pyridine rings is 1. The van der Waals surface area contributed by atoms with Crippen molar-refractivity contribution in [3.8, 4) is 11.3 Å². The van der Waals surface area contributed by atoms with Crippen LogP contribution in [0.15, 0.2) is 24.3 Å². The molecule has 0 aliphatic carbocycles. The summed E-state index contributed by atoms with van der Waals surface area (Å²) in [5.41, 5.74) is 3.96. The Labute approximate surface area is 185 Å². The van der Waals surface area contributed by atoms with Crippen LogP contribution in [0.3, 0.4) is 0 Å². The summed E-state index contributed by atoms with van der Waals surface area (Å²) in [6, 6.07) is 7.04. The van der Waals surface area contributed by atoms with Crippen LogP contribution in [-0.2, 0) is 38.8 Å². The van der Waals surface area contributed by atoms with Crippen molar-refractivity contribution >= 4 is 17.6 Å². The molecule has 32 heavy (non-hydrogen) atoms. The number of fused-ring (bicyclic) bond motifs is 1. The molecular weight excluding hydrogens is 450 g/mol. The third-order valence-electron chi connectivity index (χ3n) is 5.09. The average Bonchev–Trinajstić information content (AvgIpc) is 3.19. The molecule has 12 nitrogen and oxygen atoms in total. The van der Waals surface area contributed by atoms with Gasteiger partial charge >= 0.3 is 5.97 Å². The van der Waals surface area contributed by atoms with Gasteiger partial charge in [-0.25, -0.2) is 0 Å². The molecule has 170 valence electrons. The first-order valence-electron chi connectivity index (χ1n) is 9.33. The van der Waals surface area contributed by atoms with Crippen molar-refractivity contribution in [3.63, 3.8) is 0 Å². The van der Waals surface area contributed by atoms with Gasteiger partial charge in [-0.05, 0) is 30.2 Å². The average molecular weight is 468 g/mol. The van der Waals surface area contributed by atoms with Gasteiger partial charge in [0.05, 0.1) is 18.9 Å². The molecule has 1 aromatic heterocycles. The van der Waals surface area contributed by atoms with E-state index in [9.17, 15) is 30.1 Å². The minimum absolute atomic E-state index is 0.197. The molecule has 0 saturated heterocycles. The molecule has 1 aromatic carbocycles. The summed E-state index contributed by atoms with van der Waals surface area (Å²) < 4.78 is 5.57. The van der Waals surface area contributed by atoms with Gasteiger partial charge in [0.25, 0.3) is 10.2 Å². The Kier molecular flexibility index (Phi) is 7.05. The fourth-order valence-corrected chi connectivity index (χ4v) is 3.72. The van der Waals surface area contributed by atoms with E-state index in [1.807, 2.05) is 0 Å². The second kappa shape index (κ2) is 9.75. The van der Waals surface area contributed by atoms with Crippen LogP contribution in [-0.4, -0.2) is 38.9 Å². The van der Waals surface area contributed by atoms with E-state index in [0.29, 0.717) is 22.0 Å². The summed E-state index contributed by atoms with van der Waals surface area (Å²) in [5, 5.41) is 29.3. The summed E-state index contributed by atoms with van der Waals surface area (Å²) >= 11 is 5.96. The number of halogens is 1. The standard InChI is InChI=1S/C19H18ClN3O9/c1-10-13(6-17(32-23(28)29)16(19(24)25)9-31-22(26)27)14-7-30-8-15(14)18(21-10)11-2-4-12(20)5-3-11/h2-5,16-17H,6-9H2,1H3,(H,24,25). The lowest BCUT2D eigenvalue weighted by atomic mass is 9.90. The Morgan fingerprint density at radius 1 is 1.22 bits per heavy atom. The molecule has 2 atom stereocenters. The number of aliphatic carboxylic acids is 1. The number of carboxylic acid groups (broad SMARTS) is 1. The van der Waals surface area contributed by atoms with Crippen molar-refractivity contribution in [1.29, 1.82) is 0 Å². The molecule has 2 unspecified atom stereocenters. The largest absolute Gasteiger partial charge is 0.481 e. The van der Waals surface area contributed by atoms with Crippen LogP contribution in [0, 0.1) is 33.1 Å². The molecule has 1 aliphatic rings. The molecule has 13 heteroatoms. The second-order valence-electron chi connectivity index (χ2n) is 7.02. The van der Waals surface area contributed by atoms with Gasteiger partial charge < -0.3 is 19.5 Å². The van der Waals surface area contributed by atoms with Gasteiger partial charge in [0.1, 0.15) is 18.6 Å². The fourth-order valence-electron chi connectivity index (χ4n) is 3.59. The monoisotopic (exact) mass is 467 g/mol. The smallest absolute Gasteiger partial charge is 0.310 e. The number of carbonyl (C=O) groups is 1. The van der Waals surface area contributed by atoms with Crippen LogP contribution < -0.4 is 0 Å². The number of benzene rings is 1. The van der Waals surface area contributed by atoms with Crippen LogP contribution in [0.5, 0.6) is 0 Å². The topological polar surface area (TPSA) is 164 Å². The van der Waals surface area contributed by atoms with E-state index in [2.05, 4.69) is 14.7 Å². The number of nitrogens with zero attached hydrogens (tertiary/aromatic N) is 3. The second-order valence-corrected chi connectivity index (χ2v) is 7.45. The number of carboxylic acids is 1. The first-order chi connectivity index (χ1) is 15.2. The predicted octanol–water partition coefficient (Wildman–Crippen LogP) is 2.77. The molecule has 0 fully saturated rings. The molecule has 1 aliphatic heterocycles. The number of hydrogen-bond acceptors (Lipinski definition) is 9. The Bertz CT molecular complexity index is 1050. The molecule has 3 rings (SSSR count). The molecular formula is C19H18ClN3O9. The first-order valence-corrected chi connectivity index (χ1v) is 9.71. The van der Waals surface area contributed by atoms with E-state index < -0.39 is 34.8 Å². The maximum absolute atomic E-state index is 11.7. The fraction of sp³-hybridized carbons (Fsp3) is 0.368. The van der Waals surface area contributed by atoms with Crippen LogP contribution in [0.4, 0.5) is 0 Å². The van der Waals surface area contributed by atoms with E-state index in [1.165, 1.54) is 0 Å². The number of rotatable bonds is 10. The Morgan fingerprint density at radius 3 is 2.47 bits per heavy atom. The van der Waals surface area contributed by atoms with E-state index in [1.54, 1.807) is 31.2 Å². The number of aromatic nitrogens is 1. The summed E-state index contributed by atoms with van der Waals surface area (Å²) in [4.78, 5) is 46.6. The highest BCUT2D eigenvalue weighted by Crippen LogP contribution is 2.35. The van der Waals surface area contributed by atoms with Gasteiger partial charge in [0.15, 0.2) is 0 Å². The highest BCUT2D eigenvalue weighted by atomic mass is 35.5. The number of hydrogen-bond donors (Lipinski definition) is 1. The summed E-state index contributed by atoms with van der Waals surface area (Å²) in [6.07, 6.45) is -1.78. The molecule has 0 bridgehead atoms. The maximum atomic E-state index is 11.7. The van der Waals surface area contributed by atoms with Crippen LogP contribution in [0.25, 0.3) is 11.3 Å². The Morgan fingerprint density at radius 2 is 1.88 bits per heavy atom. The molecule has 1 N–H and O–H groups in total. The normalized spacial score (nSPS) is 14.3. The lowest BCUT2D eigenvalue weighted by Crippen LogP contribution is -2.38. The zero-order chi connectivity index (χ0) is 23.4. The van der Waals surface area contributed by atoms with E-state index in [0.717, 1.165) is 16.7 Å².